The summed E-state index contributed by atoms with van der Waals surface area (Å²) in [5, 5.41) is -1.09. The molecule has 2 heterocycles. The van der Waals surface area contributed by atoms with Crippen LogP contribution in [0.5, 0.6) is 0 Å². The molecule has 0 aromatic rings. The van der Waals surface area contributed by atoms with E-state index in [1.807, 2.05) is 0 Å². The largest absolute Gasteiger partial charge is 0.463 e. The van der Waals surface area contributed by atoms with Gasteiger partial charge in [0.25, 0.3) is 0 Å². The molecule has 2 aliphatic heterocycles. The maximum absolute atomic E-state index is 12.1. The number of rotatable bonds is 11. The molecular formula is C26H35BrO17. The molecule has 0 saturated carbocycles. The lowest BCUT2D eigenvalue weighted by Gasteiger charge is -2.45. The van der Waals surface area contributed by atoms with Gasteiger partial charge in [-0.1, -0.05) is 15.9 Å². The molecule has 0 aliphatic carbocycles. The summed E-state index contributed by atoms with van der Waals surface area (Å²) in [5.74, 6) is -5.55. The SMILES string of the molecule is CC(=O)OC[C@@H]1O[C@H](OC[C@H]2O[C@H](Br)[C@H](OC(C)=O)[C@@H](OC(C)=O)[C@@H]2OC(C)=O)[C@@H](OC(C)=O)[C@H](OC(C)=O)[C@@H]1OC(C)=O. The molecule has 2 fully saturated rings. The molecule has 248 valence electrons. The zero-order valence-electron chi connectivity index (χ0n) is 25.0. The van der Waals surface area contributed by atoms with Crippen LogP contribution in [0.25, 0.3) is 0 Å². The molecule has 0 radical (unpaired) electrons. The Morgan fingerprint density at radius 3 is 1.27 bits per heavy atom. The highest BCUT2D eigenvalue weighted by atomic mass is 79.9. The number of hydrogen-bond donors (Lipinski definition) is 0. The third-order valence-corrected chi connectivity index (χ3v) is 6.59. The van der Waals surface area contributed by atoms with Gasteiger partial charge in [0.15, 0.2) is 47.9 Å². The third-order valence-electron chi connectivity index (χ3n) is 5.86. The van der Waals surface area contributed by atoms with Crippen molar-refractivity contribution in [3.05, 3.63) is 0 Å². The molecule has 10 atom stereocenters. The second-order valence-corrected chi connectivity index (χ2v) is 10.6. The Hall–Kier alpha value is -3.35. The van der Waals surface area contributed by atoms with Crippen molar-refractivity contribution in [2.45, 2.75) is 109 Å². The summed E-state index contributed by atoms with van der Waals surface area (Å²) in [7, 11) is 0. The summed E-state index contributed by atoms with van der Waals surface area (Å²) < 4.78 is 54.8. The number of carbonyl (C=O) groups excluding carboxylic acids is 7. The molecule has 0 N–H and O–H groups in total. The Morgan fingerprint density at radius 1 is 0.477 bits per heavy atom. The third kappa shape index (κ3) is 11.0. The second-order valence-electron chi connectivity index (χ2n) is 9.65. The van der Waals surface area contributed by atoms with Crippen LogP contribution in [-0.2, 0) is 80.9 Å². The first-order valence-electron chi connectivity index (χ1n) is 13.2. The van der Waals surface area contributed by atoms with Crippen LogP contribution < -0.4 is 0 Å². The van der Waals surface area contributed by atoms with Crippen molar-refractivity contribution in [1.29, 1.82) is 0 Å². The van der Waals surface area contributed by atoms with Crippen molar-refractivity contribution in [2.75, 3.05) is 13.2 Å². The lowest BCUT2D eigenvalue weighted by Crippen LogP contribution is -2.64. The number of ether oxygens (including phenoxy) is 10. The van der Waals surface area contributed by atoms with Gasteiger partial charge in [-0.05, 0) is 0 Å². The first kappa shape index (κ1) is 36.8. The Morgan fingerprint density at radius 2 is 0.841 bits per heavy atom. The summed E-state index contributed by atoms with van der Waals surface area (Å²) in [6.45, 7) is 6.61. The summed E-state index contributed by atoms with van der Waals surface area (Å²) in [6, 6.07) is 0. The molecule has 17 nitrogen and oxygen atoms in total. The van der Waals surface area contributed by atoms with Gasteiger partial charge in [-0.2, -0.15) is 0 Å². The van der Waals surface area contributed by atoms with E-state index in [9.17, 15) is 33.6 Å². The van der Waals surface area contributed by atoms with Crippen LogP contribution in [-0.4, -0.2) is 115 Å². The van der Waals surface area contributed by atoms with Gasteiger partial charge in [0, 0.05) is 48.5 Å². The molecule has 44 heavy (non-hydrogen) atoms. The van der Waals surface area contributed by atoms with E-state index >= 15 is 0 Å². The second kappa shape index (κ2) is 16.6. The maximum atomic E-state index is 12.1. The average Bonchev–Trinajstić information content (AvgIpc) is 2.87. The number of carbonyl (C=O) groups is 7. The predicted molar refractivity (Wildman–Crippen MR) is 142 cm³/mol. The first-order valence-corrected chi connectivity index (χ1v) is 14.1. The van der Waals surface area contributed by atoms with Crippen LogP contribution in [0.2, 0.25) is 0 Å². The Balaban J connectivity index is 2.48. The quantitative estimate of drug-likeness (QED) is 0.158. The van der Waals surface area contributed by atoms with Crippen LogP contribution in [0.1, 0.15) is 48.5 Å². The van der Waals surface area contributed by atoms with E-state index in [2.05, 4.69) is 15.9 Å². The fraction of sp³-hybridized carbons (Fsp3) is 0.731. The van der Waals surface area contributed by atoms with Gasteiger partial charge in [-0.15, -0.1) is 0 Å². The van der Waals surface area contributed by atoms with Gasteiger partial charge in [-0.25, -0.2) is 0 Å². The molecule has 2 saturated heterocycles. The molecule has 18 heteroatoms. The van der Waals surface area contributed by atoms with E-state index in [4.69, 9.17) is 47.4 Å². The molecule has 0 aromatic carbocycles. The number of esters is 7. The van der Waals surface area contributed by atoms with Gasteiger partial charge in [0.2, 0.25) is 0 Å². The molecule has 0 amide bonds. The highest BCUT2D eigenvalue weighted by Crippen LogP contribution is 2.34. The standard InChI is InChI=1S/C26H35BrO17/c1-10(28)35-8-18-20(38-12(3)30)22(40-14(5)32)24(42-16(7)34)26(44-18)36-9-17-19(37-11(2)29)21(39-13(4)31)23(25(27)43-17)41-15(6)33/h17-26H,8-9H2,1-7H3/t17-,18+,19-,20-,21+,22-,23-,24+,25+,26+/m1/s1. The van der Waals surface area contributed by atoms with E-state index in [1.54, 1.807) is 0 Å². The molecule has 0 aromatic heterocycles. The number of hydrogen-bond acceptors (Lipinski definition) is 17. The zero-order chi connectivity index (χ0) is 33.3. The molecule has 0 bridgehead atoms. The first-order chi connectivity index (χ1) is 20.5. The highest BCUT2D eigenvalue weighted by Gasteiger charge is 2.55. The molecule has 0 unspecified atom stereocenters. The van der Waals surface area contributed by atoms with Crippen LogP contribution in [0.15, 0.2) is 0 Å². The van der Waals surface area contributed by atoms with Gasteiger partial charge in [0.05, 0.1) is 6.61 Å². The molecule has 0 spiro atoms. The number of alkyl halides is 1. The lowest BCUT2D eigenvalue weighted by molar-refractivity contribution is -0.317. The monoisotopic (exact) mass is 698 g/mol. The average molecular weight is 699 g/mol. The van der Waals surface area contributed by atoms with E-state index in [0.717, 1.165) is 48.5 Å². The molecule has 2 aliphatic rings. The summed E-state index contributed by atoms with van der Waals surface area (Å²) in [5.41, 5.74) is 0. The van der Waals surface area contributed by atoms with Crippen molar-refractivity contribution in [3.63, 3.8) is 0 Å². The van der Waals surface area contributed by atoms with Crippen LogP contribution >= 0.6 is 15.9 Å². The number of halogens is 1. The van der Waals surface area contributed by atoms with Gasteiger partial charge < -0.3 is 47.4 Å². The minimum atomic E-state index is -1.58. The fourth-order valence-corrected chi connectivity index (χ4v) is 5.17. The van der Waals surface area contributed by atoms with Gasteiger partial charge in [0.1, 0.15) is 18.8 Å². The zero-order valence-corrected chi connectivity index (χ0v) is 26.6. The van der Waals surface area contributed by atoms with Crippen molar-refractivity contribution >= 4 is 57.7 Å². The van der Waals surface area contributed by atoms with E-state index in [1.165, 1.54) is 0 Å². The van der Waals surface area contributed by atoms with Gasteiger partial charge >= 0.3 is 41.8 Å². The Bertz CT molecular complexity index is 1090. The van der Waals surface area contributed by atoms with E-state index in [-0.39, 0.29) is 0 Å². The normalized spacial score (nSPS) is 31.5. The van der Waals surface area contributed by atoms with Crippen LogP contribution in [0, 0.1) is 0 Å². The van der Waals surface area contributed by atoms with E-state index in [0.29, 0.717) is 0 Å². The van der Waals surface area contributed by atoms with Crippen LogP contribution in [0.4, 0.5) is 0 Å². The lowest BCUT2D eigenvalue weighted by atomic mass is 9.97. The Labute approximate surface area is 260 Å². The topological polar surface area (TPSA) is 212 Å². The smallest absolute Gasteiger partial charge is 0.303 e. The minimum Gasteiger partial charge on any atom is -0.463 e. The summed E-state index contributed by atoms with van der Waals surface area (Å²) >= 11 is 3.23. The van der Waals surface area contributed by atoms with Crippen molar-refractivity contribution < 1.29 is 80.9 Å². The van der Waals surface area contributed by atoms with Crippen molar-refractivity contribution in [3.8, 4) is 0 Å². The summed E-state index contributed by atoms with van der Waals surface area (Å²) in [4.78, 5) is 83.3. The predicted octanol–water partition coefficient (Wildman–Crippen LogP) is 0.00100. The Kier molecular flexibility index (Phi) is 13.9. The fourth-order valence-electron chi connectivity index (χ4n) is 4.49. The highest BCUT2D eigenvalue weighted by molar-refractivity contribution is 9.09. The molecule has 2 rings (SSSR count). The van der Waals surface area contributed by atoms with E-state index < -0.39 is 115 Å². The van der Waals surface area contributed by atoms with Crippen LogP contribution in [0.3, 0.4) is 0 Å². The van der Waals surface area contributed by atoms with Crippen molar-refractivity contribution in [1.82, 2.24) is 0 Å². The van der Waals surface area contributed by atoms with Crippen molar-refractivity contribution in [2.24, 2.45) is 0 Å². The van der Waals surface area contributed by atoms with Gasteiger partial charge in [-0.3, -0.25) is 33.6 Å². The molecular weight excluding hydrogens is 664 g/mol. The maximum Gasteiger partial charge on any atom is 0.303 e. The summed E-state index contributed by atoms with van der Waals surface area (Å²) in [6.07, 6.45) is -12.5. The minimum absolute atomic E-state index is 0.490.